The SMILES string of the molecule is CCCCC(=O)NCCCc1cc(C(=O)Nc2cccc(C)c2C)ccc1OCc1c(C)noc1C. The quantitative estimate of drug-likeness (QED) is 0.304. The van der Waals surface area contributed by atoms with E-state index in [0.29, 0.717) is 37.3 Å². The Labute approximate surface area is 213 Å². The van der Waals surface area contributed by atoms with Gasteiger partial charge in [-0.2, -0.15) is 0 Å². The van der Waals surface area contributed by atoms with Crippen LogP contribution < -0.4 is 15.4 Å². The number of rotatable bonds is 12. The van der Waals surface area contributed by atoms with Gasteiger partial charge in [0.05, 0.1) is 11.3 Å². The van der Waals surface area contributed by atoms with E-state index in [2.05, 4.69) is 22.7 Å². The van der Waals surface area contributed by atoms with Gasteiger partial charge in [-0.15, -0.1) is 0 Å². The van der Waals surface area contributed by atoms with Crippen molar-refractivity contribution in [1.29, 1.82) is 0 Å². The summed E-state index contributed by atoms with van der Waals surface area (Å²) in [5, 5.41) is 10.00. The molecule has 0 aliphatic rings. The zero-order chi connectivity index (χ0) is 26.1. The minimum Gasteiger partial charge on any atom is -0.488 e. The number of ether oxygens (including phenoxy) is 1. The van der Waals surface area contributed by atoms with Crippen molar-refractivity contribution in [2.45, 2.75) is 73.3 Å². The van der Waals surface area contributed by atoms with Gasteiger partial charge in [0.1, 0.15) is 18.1 Å². The number of anilines is 1. The Morgan fingerprint density at radius 1 is 1.06 bits per heavy atom. The lowest BCUT2D eigenvalue weighted by atomic mass is 10.0. The van der Waals surface area contributed by atoms with E-state index in [4.69, 9.17) is 9.26 Å². The van der Waals surface area contributed by atoms with Crippen molar-refractivity contribution in [3.63, 3.8) is 0 Å². The van der Waals surface area contributed by atoms with Crippen molar-refractivity contribution in [2.75, 3.05) is 11.9 Å². The van der Waals surface area contributed by atoms with Gasteiger partial charge in [-0.25, -0.2) is 0 Å². The fraction of sp³-hybridized carbons (Fsp3) is 0.414. The smallest absolute Gasteiger partial charge is 0.255 e. The summed E-state index contributed by atoms with van der Waals surface area (Å²) in [6.07, 6.45) is 3.84. The molecule has 1 heterocycles. The van der Waals surface area contributed by atoms with Gasteiger partial charge in [-0.3, -0.25) is 9.59 Å². The number of carbonyl (C=O) groups excluding carboxylic acids is 2. The largest absolute Gasteiger partial charge is 0.488 e. The Kier molecular flexibility index (Phi) is 9.68. The van der Waals surface area contributed by atoms with E-state index in [-0.39, 0.29) is 11.8 Å². The maximum atomic E-state index is 13.1. The number of aryl methyl sites for hydroxylation is 4. The molecule has 0 saturated carbocycles. The number of nitrogens with one attached hydrogen (secondary N) is 2. The average molecular weight is 492 g/mol. The molecule has 0 aliphatic heterocycles. The molecule has 36 heavy (non-hydrogen) atoms. The van der Waals surface area contributed by atoms with Gasteiger partial charge in [0.2, 0.25) is 5.91 Å². The van der Waals surface area contributed by atoms with Gasteiger partial charge in [0.15, 0.2) is 0 Å². The van der Waals surface area contributed by atoms with E-state index in [1.54, 1.807) is 6.07 Å². The highest BCUT2D eigenvalue weighted by Crippen LogP contribution is 2.26. The predicted molar refractivity (Wildman–Crippen MR) is 141 cm³/mol. The fourth-order valence-electron chi connectivity index (χ4n) is 3.93. The number of benzene rings is 2. The molecule has 0 aliphatic carbocycles. The van der Waals surface area contributed by atoms with Crippen LogP contribution in [0.1, 0.15) is 76.7 Å². The Balaban J connectivity index is 1.74. The Bertz CT molecular complexity index is 1180. The van der Waals surface area contributed by atoms with E-state index < -0.39 is 0 Å². The molecule has 2 aromatic carbocycles. The highest BCUT2D eigenvalue weighted by molar-refractivity contribution is 6.05. The van der Waals surface area contributed by atoms with Crippen LogP contribution in [0, 0.1) is 27.7 Å². The summed E-state index contributed by atoms with van der Waals surface area (Å²) in [6.45, 7) is 10.7. The normalized spacial score (nSPS) is 10.8. The third kappa shape index (κ3) is 7.20. The summed E-state index contributed by atoms with van der Waals surface area (Å²) >= 11 is 0. The lowest BCUT2D eigenvalue weighted by Crippen LogP contribution is -2.24. The molecule has 3 rings (SSSR count). The third-order valence-electron chi connectivity index (χ3n) is 6.43. The zero-order valence-corrected chi connectivity index (χ0v) is 22.0. The van der Waals surface area contributed by atoms with Crippen LogP contribution in [0.25, 0.3) is 0 Å². The molecule has 1 aromatic heterocycles. The molecular weight excluding hydrogens is 454 g/mol. The van der Waals surface area contributed by atoms with Crippen LogP contribution in [0.15, 0.2) is 40.9 Å². The van der Waals surface area contributed by atoms with Crippen LogP contribution in [-0.2, 0) is 17.8 Å². The van der Waals surface area contributed by atoms with Crippen LogP contribution in [0.5, 0.6) is 5.75 Å². The molecular formula is C29H37N3O4. The summed E-state index contributed by atoms with van der Waals surface area (Å²) in [5.74, 6) is 1.34. The third-order valence-corrected chi connectivity index (χ3v) is 6.43. The van der Waals surface area contributed by atoms with Crippen molar-refractivity contribution in [3.05, 3.63) is 75.7 Å². The van der Waals surface area contributed by atoms with Crippen LogP contribution in [0.4, 0.5) is 5.69 Å². The van der Waals surface area contributed by atoms with Crippen molar-refractivity contribution in [1.82, 2.24) is 10.5 Å². The number of hydrogen-bond acceptors (Lipinski definition) is 5. The summed E-state index contributed by atoms with van der Waals surface area (Å²) in [6, 6.07) is 11.4. The van der Waals surface area contributed by atoms with Crippen molar-refractivity contribution >= 4 is 17.5 Å². The van der Waals surface area contributed by atoms with Gasteiger partial charge in [-0.1, -0.05) is 30.6 Å². The molecule has 0 fully saturated rings. The van der Waals surface area contributed by atoms with Gasteiger partial charge in [-0.05, 0) is 87.9 Å². The van der Waals surface area contributed by atoms with E-state index in [1.165, 1.54) is 0 Å². The highest BCUT2D eigenvalue weighted by atomic mass is 16.5. The van der Waals surface area contributed by atoms with E-state index >= 15 is 0 Å². The van der Waals surface area contributed by atoms with Crippen LogP contribution in [0.3, 0.4) is 0 Å². The number of unbranched alkanes of at least 4 members (excludes halogenated alkanes) is 1. The monoisotopic (exact) mass is 491 g/mol. The zero-order valence-electron chi connectivity index (χ0n) is 22.0. The molecule has 7 heteroatoms. The molecule has 0 spiro atoms. The standard InChI is InChI=1S/C29H37N3O4/c1-6-7-13-28(33)30-16-9-11-23-17-24(29(34)31-26-12-8-10-19(2)20(26)3)14-15-27(23)35-18-25-21(4)32-36-22(25)5/h8,10,12,14-15,17H,6-7,9,11,13,16,18H2,1-5H3,(H,30,33)(H,31,34). The minimum atomic E-state index is -0.171. The number of hydrogen-bond donors (Lipinski definition) is 2. The summed E-state index contributed by atoms with van der Waals surface area (Å²) in [7, 11) is 0. The van der Waals surface area contributed by atoms with E-state index in [1.807, 2.05) is 58.0 Å². The van der Waals surface area contributed by atoms with Crippen molar-refractivity contribution in [3.8, 4) is 5.75 Å². The summed E-state index contributed by atoms with van der Waals surface area (Å²) < 4.78 is 11.4. The molecule has 0 radical (unpaired) electrons. The Morgan fingerprint density at radius 2 is 1.86 bits per heavy atom. The minimum absolute atomic E-state index is 0.0772. The molecule has 192 valence electrons. The van der Waals surface area contributed by atoms with Gasteiger partial charge >= 0.3 is 0 Å². The number of amides is 2. The van der Waals surface area contributed by atoms with Gasteiger partial charge in [0, 0.05) is 24.2 Å². The first-order chi connectivity index (χ1) is 17.3. The molecule has 3 aromatic rings. The Hall–Kier alpha value is -3.61. The molecule has 0 atom stereocenters. The maximum Gasteiger partial charge on any atom is 0.255 e. The second kappa shape index (κ2) is 12.9. The van der Waals surface area contributed by atoms with Gasteiger partial charge in [0.25, 0.3) is 5.91 Å². The van der Waals surface area contributed by atoms with E-state index in [9.17, 15) is 9.59 Å². The molecule has 7 nitrogen and oxygen atoms in total. The van der Waals surface area contributed by atoms with Crippen LogP contribution in [0.2, 0.25) is 0 Å². The molecule has 0 unspecified atom stereocenters. The maximum absolute atomic E-state index is 13.1. The lowest BCUT2D eigenvalue weighted by molar-refractivity contribution is -0.121. The summed E-state index contributed by atoms with van der Waals surface area (Å²) in [5.41, 5.74) is 6.16. The number of nitrogens with zero attached hydrogens (tertiary/aromatic N) is 1. The number of aromatic nitrogens is 1. The highest BCUT2D eigenvalue weighted by Gasteiger charge is 2.15. The Morgan fingerprint density at radius 3 is 2.58 bits per heavy atom. The average Bonchev–Trinajstić information content (AvgIpc) is 3.19. The van der Waals surface area contributed by atoms with E-state index in [0.717, 1.165) is 58.7 Å². The first-order valence-electron chi connectivity index (χ1n) is 12.6. The molecule has 0 bridgehead atoms. The second-order valence-electron chi connectivity index (χ2n) is 9.17. The fourth-order valence-corrected chi connectivity index (χ4v) is 3.93. The van der Waals surface area contributed by atoms with Crippen molar-refractivity contribution in [2.24, 2.45) is 0 Å². The molecule has 2 amide bonds. The molecule has 2 N–H and O–H groups in total. The van der Waals surface area contributed by atoms with Crippen molar-refractivity contribution < 1.29 is 18.8 Å². The first kappa shape index (κ1) is 27.0. The number of carbonyl (C=O) groups is 2. The van der Waals surface area contributed by atoms with Gasteiger partial charge < -0.3 is 19.9 Å². The first-order valence-corrected chi connectivity index (χ1v) is 12.6. The second-order valence-corrected chi connectivity index (χ2v) is 9.17. The summed E-state index contributed by atoms with van der Waals surface area (Å²) in [4.78, 5) is 25.0. The predicted octanol–water partition coefficient (Wildman–Crippen LogP) is 5.98. The van der Waals surface area contributed by atoms with Crippen LogP contribution in [-0.4, -0.2) is 23.5 Å². The molecule has 0 saturated heterocycles. The topological polar surface area (TPSA) is 93.5 Å². The lowest BCUT2D eigenvalue weighted by Gasteiger charge is -2.15. The van der Waals surface area contributed by atoms with Crippen LogP contribution >= 0.6 is 0 Å².